The number of hydrogen-bond donors (Lipinski definition) is 2. The lowest BCUT2D eigenvalue weighted by atomic mass is 10.0. The zero-order valence-electron chi connectivity index (χ0n) is 16.8. The van der Waals surface area contributed by atoms with E-state index in [0.29, 0.717) is 30.9 Å². The predicted molar refractivity (Wildman–Crippen MR) is 111 cm³/mol. The molecular weight excluding hydrogens is 368 g/mol. The highest BCUT2D eigenvalue weighted by atomic mass is 16.6. The van der Waals surface area contributed by atoms with Gasteiger partial charge in [-0.2, -0.15) is 5.10 Å². The summed E-state index contributed by atoms with van der Waals surface area (Å²) in [6.45, 7) is 6.42. The first-order chi connectivity index (χ1) is 13.8. The number of benzene rings is 2. The summed E-state index contributed by atoms with van der Waals surface area (Å²) >= 11 is 0. The van der Waals surface area contributed by atoms with E-state index in [1.807, 2.05) is 57.2 Å². The van der Waals surface area contributed by atoms with Gasteiger partial charge in [0, 0.05) is 17.7 Å². The van der Waals surface area contributed by atoms with Gasteiger partial charge in [-0.25, -0.2) is 4.79 Å². The van der Waals surface area contributed by atoms with Crippen LogP contribution in [0.4, 0.5) is 10.6 Å². The van der Waals surface area contributed by atoms with Gasteiger partial charge in [-0.15, -0.1) is 0 Å². The molecule has 0 saturated carbocycles. The Bertz CT molecular complexity index is 1080. The first-order valence-electron chi connectivity index (χ1n) is 9.65. The van der Waals surface area contributed by atoms with Crippen LogP contribution in [0.1, 0.15) is 42.4 Å². The van der Waals surface area contributed by atoms with Crippen molar-refractivity contribution in [1.29, 1.82) is 0 Å². The van der Waals surface area contributed by atoms with Crippen LogP contribution in [0.3, 0.4) is 0 Å². The first-order valence-corrected chi connectivity index (χ1v) is 9.65. The molecule has 1 aliphatic heterocycles. The number of carbonyl (C=O) groups is 2. The zero-order valence-corrected chi connectivity index (χ0v) is 16.8. The van der Waals surface area contributed by atoms with Gasteiger partial charge >= 0.3 is 6.09 Å². The van der Waals surface area contributed by atoms with Crippen LogP contribution >= 0.6 is 0 Å². The van der Waals surface area contributed by atoms with E-state index in [1.54, 1.807) is 11.0 Å². The van der Waals surface area contributed by atoms with Gasteiger partial charge in [0.15, 0.2) is 5.82 Å². The Morgan fingerprint density at radius 1 is 1.14 bits per heavy atom. The summed E-state index contributed by atoms with van der Waals surface area (Å²) in [6.07, 6.45) is 0.245. The smallest absolute Gasteiger partial charge is 0.410 e. The third-order valence-electron chi connectivity index (χ3n) is 4.85. The van der Waals surface area contributed by atoms with Gasteiger partial charge in [-0.1, -0.05) is 36.4 Å². The molecule has 3 aromatic rings. The summed E-state index contributed by atoms with van der Waals surface area (Å²) < 4.78 is 5.45. The van der Waals surface area contributed by atoms with Crippen molar-refractivity contribution < 1.29 is 14.3 Å². The summed E-state index contributed by atoms with van der Waals surface area (Å²) in [6, 6.07) is 13.4. The molecule has 0 aliphatic carbocycles. The number of anilines is 1. The highest BCUT2D eigenvalue weighted by molar-refractivity contribution is 6.12. The lowest BCUT2D eigenvalue weighted by Crippen LogP contribution is -2.39. The Morgan fingerprint density at radius 3 is 2.69 bits per heavy atom. The fourth-order valence-electron chi connectivity index (χ4n) is 3.50. The normalized spacial score (nSPS) is 13.8. The number of H-pyrrole nitrogens is 1. The lowest BCUT2D eigenvalue weighted by molar-refractivity contribution is 0.0221. The molecule has 2 amide bonds. The van der Waals surface area contributed by atoms with Gasteiger partial charge in [-0.3, -0.25) is 9.89 Å². The molecular formula is C22H24N4O3. The maximum atomic E-state index is 12.9. The van der Waals surface area contributed by atoms with Crippen molar-refractivity contribution >= 4 is 28.6 Å². The van der Waals surface area contributed by atoms with Crippen molar-refractivity contribution in [2.24, 2.45) is 0 Å². The Morgan fingerprint density at radius 2 is 1.90 bits per heavy atom. The van der Waals surface area contributed by atoms with Crippen LogP contribution in [0.25, 0.3) is 10.8 Å². The average Bonchev–Trinajstić information content (AvgIpc) is 3.08. The number of nitrogens with one attached hydrogen (secondary N) is 2. The van der Waals surface area contributed by atoms with E-state index in [-0.39, 0.29) is 12.0 Å². The highest BCUT2D eigenvalue weighted by Crippen LogP contribution is 2.26. The Labute approximate surface area is 169 Å². The second-order valence-electron chi connectivity index (χ2n) is 8.16. The van der Waals surface area contributed by atoms with E-state index in [2.05, 4.69) is 15.5 Å². The van der Waals surface area contributed by atoms with Crippen molar-refractivity contribution in [3.8, 4) is 0 Å². The molecule has 0 bridgehead atoms. The Kier molecular flexibility index (Phi) is 4.74. The summed E-state index contributed by atoms with van der Waals surface area (Å²) in [4.78, 5) is 26.8. The number of aromatic amines is 1. The van der Waals surface area contributed by atoms with Crippen LogP contribution < -0.4 is 5.32 Å². The van der Waals surface area contributed by atoms with Crippen molar-refractivity contribution in [3.05, 3.63) is 59.3 Å². The van der Waals surface area contributed by atoms with Crippen LogP contribution in [0.2, 0.25) is 0 Å². The highest BCUT2D eigenvalue weighted by Gasteiger charge is 2.29. The monoisotopic (exact) mass is 392 g/mol. The van der Waals surface area contributed by atoms with Gasteiger partial charge in [-0.05, 0) is 44.0 Å². The first kappa shape index (κ1) is 19.0. The topological polar surface area (TPSA) is 87.3 Å². The molecule has 0 fully saturated rings. The molecule has 2 heterocycles. The van der Waals surface area contributed by atoms with E-state index in [0.717, 1.165) is 22.0 Å². The molecule has 2 aromatic carbocycles. The van der Waals surface area contributed by atoms with Crippen molar-refractivity contribution in [1.82, 2.24) is 15.1 Å². The molecule has 7 heteroatoms. The van der Waals surface area contributed by atoms with Crippen molar-refractivity contribution in [2.45, 2.75) is 39.3 Å². The fraction of sp³-hybridized carbons (Fsp3) is 0.318. The van der Waals surface area contributed by atoms with E-state index < -0.39 is 5.60 Å². The molecule has 1 aromatic heterocycles. The maximum absolute atomic E-state index is 12.9. The predicted octanol–water partition coefficient (Wildman–Crippen LogP) is 4.11. The summed E-state index contributed by atoms with van der Waals surface area (Å²) in [5.74, 6) is 0.312. The molecule has 1 aliphatic rings. The summed E-state index contributed by atoms with van der Waals surface area (Å²) in [5, 5.41) is 12.1. The van der Waals surface area contributed by atoms with Crippen LogP contribution in [0.15, 0.2) is 42.5 Å². The van der Waals surface area contributed by atoms with Crippen molar-refractivity contribution in [3.63, 3.8) is 0 Å². The zero-order chi connectivity index (χ0) is 20.6. The van der Waals surface area contributed by atoms with E-state index in [9.17, 15) is 9.59 Å². The number of amides is 2. The number of hydrogen-bond acceptors (Lipinski definition) is 4. The molecule has 0 radical (unpaired) electrons. The number of fused-ring (bicyclic) bond motifs is 2. The quantitative estimate of drug-likeness (QED) is 0.687. The lowest BCUT2D eigenvalue weighted by Gasteiger charge is -2.29. The van der Waals surface area contributed by atoms with Gasteiger partial charge in [0.1, 0.15) is 5.60 Å². The third kappa shape index (κ3) is 3.94. The standard InChI is InChI=1S/C22H24N4O3/c1-22(2,3)29-21(28)26-12-11-17-18(13-26)24-25-19(17)23-20(27)16-10-6-8-14-7-4-5-9-15(14)16/h4-10H,11-13H2,1-3H3,(H2,23,24,25,27). The maximum Gasteiger partial charge on any atom is 0.410 e. The van der Waals surface area contributed by atoms with E-state index in [1.165, 1.54) is 0 Å². The number of aromatic nitrogens is 2. The number of rotatable bonds is 2. The minimum absolute atomic E-state index is 0.203. The molecule has 4 rings (SSSR count). The van der Waals surface area contributed by atoms with Crippen LogP contribution in [0, 0.1) is 0 Å². The van der Waals surface area contributed by atoms with Gasteiger partial charge in [0.2, 0.25) is 0 Å². The Hall–Kier alpha value is -3.35. The van der Waals surface area contributed by atoms with Crippen LogP contribution in [-0.4, -0.2) is 39.2 Å². The third-order valence-corrected chi connectivity index (χ3v) is 4.85. The van der Waals surface area contributed by atoms with E-state index in [4.69, 9.17) is 4.74 Å². The fourth-order valence-corrected chi connectivity index (χ4v) is 3.50. The van der Waals surface area contributed by atoms with Gasteiger partial charge in [0.05, 0.1) is 12.2 Å². The largest absolute Gasteiger partial charge is 0.444 e. The van der Waals surface area contributed by atoms with Crippen LogP contribution in [-0.2, 0) is 17.7 Å². The molecule has 2 N–H and O–H groups in total. The Balaban J connectivity index is 1.51. The molecule has 0 unspecified atom stereocenters. The molecule has 7 nitrogen and oxygen atoms in total. The molecule has 0 spiro atoms. The SMILES string of the molecule is CC(C)(C)OC(=O)N1CCc2c(NC(=O)c3cccc4ccccc34)n[nH]c2C1. The molecule has 150 valence electrons. The van der Waals surface area contributed by atoms with Gasteiger partial charge in [0.25, 0.3) is 5.91 Å². The molecule has 29 heavy (non-hydrogen) atoms. The number of nitrogens with zero attached hydrogens (tertiary/aromatic N) is 2. The van der Waals surface area contributed by atoms with Gasteiger partial charge < -0.3 is 15.0 Å². The minimum Gasteiger partial charge on any atom is -0.444 e. The second kappa shape index (κ2) is 7.24. The van der Waals surface area contributed by atoms with Crippen LogP contribution in [0.5, 0.6) is 0 Å². The second-order valence-corrected chi connectivity index (χ2v) is 8.16. The average molecular weight is 392 g/mol. The van der Waals surface area contributed by atoms with Crippen molar-refractivity contribution in [2.75, 3.05) is 11.9 Å². The summed E-state index contributed by atoms with van der Waals surface area (Å²) in [7, 11) is 0. The summed E-state index contributed by atoms with van der Waals surface area (Å²) in [5.41, 5.74) is 1.81. The molecule has 0 atom stereocenters. The number of carbonyl (C=O) groups excluding carboxylic acids is 2. The number of ether oxygens (including phenoxy) is 1. The van der Waals surface area contributed by atoms with E-state index >= 15 is 0 Å². The molecule has 0 saturated heterocycles. The minimum atomic E-state index is -0.539.